The summed E-state index contributed by atoms with van der Waals surface area (Å²) in [6, 6.07) is 12.1. The van der Waals surface area contributed by atoms with Crippen molar-refractivity contribution in [3.05, 3.63) is 63.9 Å². The average Bonchev–Trinajstić information content (AvgIpc) is 2.66. The Morgan fingerprint density at radius 2 is 2.07 bits per heavy atom. The number of piperidine rings is 1. The molecule has 6 heteroatoms. The molecule has 0 aromatic heterocycles. The number of ether oxygens (including phenoxy) is 1. The standard InChI is InChI=1S/C21H23BrFNO3/c1-2-27-19-10-7-16(22)12-18(19)20(14-5-8-17(23)9-6-14)24-11-3-4-15(13-24)21(25)26/h5-10,12,15,20H,2-4,11,13H2,1H3,(H,25,26). The van der Waals surface area contributed by atoms with Crippen LogP contribution in [0, 0.1) is 11.7 Å². The van der Waals surface area contributed by atoms with E-state index < -0.39 is 11.9 Å². The van der Waals surface area contributed by atoms with Gasteiger partial charge in [0.2, 0.25) is 0 Å². The van der Waals surface area contributed by atoms with Crippen molar-refractivity contribution >= 4 is 21.9 Å². The first-order chi connectivity index (χ1) is 13.0. The van der Waals surface area contributed by atoms with Crippen LogP contribution < -0.4 is 4.74 Å². The lowest BCUT2D eigenvalue weighted by Crippen LogP contribution is -2.41. The Labute approximate surface area is 167 Å². The van der Waals surface area contributed by atoms with Crippen molar-refractivity contribution in [3.8, 4) is 5.75 Å². The highest BCUT2D eigenvalue weighted by Gasteiger charge is 2.32. The lowest BCUT2D eigenvalue weighted by Gasteiger charge is -2.38. The van der Waals surface area contributed by atoms with Gasteiger partial charge >= 0.3 is 5.97 Å². The fraction of sp³-hybridized carbons (Fsp3) is 0.381. The molecule has 1 heterocycles. The fourth-order valence-corrected chi connectivity index (χ4v) is 4.07. The van der Waals surface area contributed by atoms with E-state index in [-0.39, 0.29) is 11.9 Å². The third-order valence-electron chi connectivity index (χ3n) is 4.92. The maximum Gasteiger partial charge on any atom is 0.307 e. The van der Waals surface area contributed by atoms with Gasteiger partial charge in [-0.25, -0.2) is 4.39 Å². The molecule has 144 valence electrons. The maximum atomic E-state index is 13.5. The van der Waals surface area contributed by atoms with Gasteiger partial charge in [-0.3, -0.25) is 9.69 Å². The van der Waals surface area contributed by atoms with Gasteiger partial charge in [0, 0.05) is 16.6 Å². The topological polar surface area (TPSA) is 49.8 Å². The summed E-state index contributed by atoms with van der Waals surface area (Å²) in [6.07, 6.45) is 1.49. The Hall–Kier alpha value is -1.92. The summed E-state index contributed by atoms with van der Waals surface area (Å²) in [4.78, 5) is 13.7. The molecule has 2 aromatic rings. The number of likely N-dealkylation sites (tertiary alicyclic amines) is 1. The van der Waals surface area contributed by atoms with Gasteiger partial charge in [-0.1, -0.05) is 28.1 Å². The van der Waals surface area contributed by atoms with Crippen molar-refractivity contribution in [2.24, 2.45) is 5.92 Å². The van der Waals surface area contributed by atoms with Gasteiger partial charge < -0.3 is 9.84 Å². The zero-order valence-corrected chi connectivity index (χ0v) is 16.8. The third-order valence-corrected chi connectivity index (χ3v) is 5.41. The molecule has 1 saturated heterocycles. The van der Waals surface area contributed by atoms with Gasteiger partial charge in [-0.15, -0.1) is 0 Å². The highest BCUT2D eigenvalue weighted by atomic mass is 79.9. The first-order valence-corrected chi connectivity index (χ1v) is 9.93. The summed E-state index contributed by atoms with van der Waals surface area (Å²) in [6.45, 7) is 3.70. The van der Waals surface area contributed by atoms with E-state index in [4.69, 9.17) is 4.74 Å². The molecule has 4 nitrogen and oxygen atoms in total. The van der Waals surface area contributed by atoms with Gasteiger partial charge in [0.15, 0.2) is 0 Å². The van der Waals surface area contributed by atoms with E-state index >= 15 is 0 Å². The number of hydrogen-bond acceptors (Lipinski definition) is 3. The Bertz CT molecular complexity index is 797. The Morgan fingerprint density at radius 1 is 1.33 bits per heavy atom. The second-order valence-corrected chi connectivity index (χ2v) is 7.66. The lowest BCUT2D eigenvalue weighted by molar-refractivity contribution is -0.143. The largest absolute Gasteiger partial charge is 0.494 e. The number of rotatable bonds is 6. The van der Waals surface area contributed by atoms with Gasteiger partial charge in [-0.05, 0) is 62.2 Å². The molecule has 1 aliphatic heterocycles. The Kier molecular flexibility index (Phi) is 6.50. The van der Waals surface area contributed by atoms with Gasteiger partial charge in [0.05, 0.1) is 18.6 Å². The quantitative estimate of drug-likeness (QED) is 0.702. The van der Waals surface area contributed by atoms with Crippen molar-refractivity contribution < 1.29 is 19.0 Å². The van der Waals surface area contributed by atoms with Crippen LogP contribution in [0.1, 0.15) is 36.9 Å². The van der Waals surface area contributed by atoms with Crippen molar-refractivity contribution in [2.75, 3.05) is 19.7 Å². The molecule has 0 amide bonds. The summed E-state index contributed by atoms with van der Waals surface area (Å²) in [5.74, 6) is -0.701. The molecule has 2 atom stereocenters. The number of halogens is 2. The summed E-state index contributed by atoms with van der Waals surface area (Å²) >= 11 is 3.53. The smallest absolute Gasteiger partial charge is 0.307 e. The van der Waals surface area contributed by atoms with Crippen molar-refractivity contribution in [3.63, 3.8) is 0 Å². The predicted octanol–water partition coefficient (Wildman–Crippen LogP) is 4.87. The molecule has 0 saturated carbocycles. The molecule has 2 aromatic carbocycles. The third kappa shape index (κ3) is 4.68. The molecule has 2 unspecified atom stereocenters. The number of carbonyl (C=O) groups is 1. The van der Waals surface area contributed by atoms with Crippen LogP contribution in [0.4, 0.5) is 4.39 Å². The number of benzene rings is 2. The zero-order chi connectivity index (χ0) is 19.4. The summed E-state index contributed by atoms with van der Waals surface area (Å²) in [5, 5.41) is 9.49. The summed E-state index contributed by atoms with van der Waals surface area (Å²) in [5.41, 5.74) is 1.87. The lowest BCUT2D eigenvalue weighted by atomic mass is 9.91. The van der Waals surface area contributed by atoms with Crippen molar-refractivity contribution in [1.29, 1.82) is 0 Å². The van der Waals surface area contributed by atoms with E-state index in [1.807, 2.05) is 25.1 Å². The van der Waals surface area contributed by atoms with Crippen LogP contribution in [0.25, 0.3) is 0 Å². The molecule has 1 fully saturated rings. The van der Waals surface area contributed by atoms with Crippen LogP contribution in [-0.4, -0.2) is 35.7 Å². The van der Waals surface area contributed by atoms with Crippen LogP contribution >= 0.6 is 15.9 Å². The minimum absolute atomic E-state index is 0.202. The zero-order valence-electron chi connectivity index (χ0n) is 15.2. The summed E-state index contributed by atoms with van der Waals surface area (Å²) in [7, 11) is 0. The van der Waals surface area contributed by atoms with E-state index in [9.17, 15) is 14.3 Å². The van der Waals surface area contributed by atoms with Gasteiger partial charge in [-0.2, -0.15) is 0 Å². The normalized spacial score (nSPS) is 18.9. The number of carboxylic acids is 1. The predicted molar refractivity (Wildman–Crippen MR) is 105 cm³/mol. The van der Waals surface area contributed by atoms with E-state index in [2.05, 4.69) is 20.8 Å². The molecular formula is C21H23BrFNO3. The first kappa shape index (κ1) is 19.8. The number of nitrogens with zero attached hydrogens (tertiary/aromatic N) is 1. The summed E-state index contributed by atoms with van der Waals surface area (Å²) < 4.78 is 20.3. The van der Waals surface area contributed by atoms with Crippen LogP contribution in [0.15, 0.2) is 46.9 Å². The molecule has 0 aliphatic carbocycles. The fourth-order valence-electron chi connectivity index (χ4n) is 3.69. The monoisotopic (exact) mass is 435 g/mol. The number of carboxylic acid groups (broad SMARTS) is 1. The molecule has 1 N–H and O–H groups in total. The molecule has 0 bridgehead atoms. The minimum atomic E-state index is -0.767. The maximum absolute atomic E-state index is 13.5. The van der Waals surface area contributed by atoms with E-state index in [0.717, 1.165) is 34.3 Å². The Balaban J connectivity index is 2.07. The minimum Gasteiger partial charge on any atom is -0.494 e. The molecule has 0 spiro atoms. The van der Waals surface area contributed by atoms with Crippen LogP contribution in [-0.2, 0) is 4.79 Å². The number of hydrogen-bond donors (Lipinski definition) is 1. The van der Waals surface area contributed by atoms with Crippen LogP contribution in [0.5, 0.6) is 5.75 Å². The second-order valence-electron chi connectivity index (χ2n) is 6.74. The van der Waals surface area contributed by atoms with Crippen molar-refractivity contribution in [1.82, 2.24) is 4.90 Å². The first-order valence-electron chi connectivity index (χ1n) is 9.14. The van der Waals surface area contributed by atoms with Gasteiger partial charge in [0.25, 0.3) is 0 Å². The number of aliphatic carboxylic acids is 1. The van der Waals surface area contributed by atoms with E-state index in [1.54, 1.807) is 12.1 Å². The van der Waals surface area contributed by atoms with E-state index in [0.29, 0.717) is 19.6 Å². The van der Waals surface area contributed by atoms with Gasteiger partial charge in [0.1, 0.15) is 11.6 Å². The van der Waals surface area contributed by atoms with Crippen LogP contribution in [0.2, 0.25) is 0 Å². The molecule has 27 heavy (non-hydrogen) atoms. The Morgan fingerprint density at radius 3 is 2.74 bits per heavy atom. The highest BCUT2D eigenvalue weighted by molar-refractivity contribution is 9.10. The molecule has 0 radical (unpaired) electrons. The van der Waals surface area contributed by atoms with E-state index in [1.165, 1.54) is 12.1 Å². The SMILES string of the molecule is CCOc1ccc(Br)cc1C(c1ccc(F)cc1)N1CCCC(C(=O)O)C1. The van der Waals surface area contributed by atoms with Crippen molar-refractivity contribution in [2.45, 2.75) is 25.8 Å². The molecular weight excluding hydrogens is 413 g/mol. The highest BCUT2D eigenvalue weighted by Crippen LogP contribution is 2.38. The van der Waals surface area contributed by atoms with Crippen LogP contribution in [0.3, 0.4) is 0 Å². The second kappa shape index (κ2) is 8.85. The molecule has 1 aliphatic rings. The average molecular weight is 436 g/mol. The molecule has 3 rings (SSSR count).